The van der Waals surface area contributed by atoms with Gasteiger partial charge in [-0.25, -0.2) is 9.67 Å². The number of aryl methyl sites for hydroxylation is 1. The van der Waals surface area contributed by atoms with Crippen molar-refractivity contribution in [1.82, 2.24) is 29.4 Å². The maximum atomic E-state index is 10.3. The van der Waals surface area contributed by atoms with Gasteiger partial charge in [0, 0.05) is 18.3 Å². The first-order valence-electron chi connectivity index (χ1n) is 7.52. The highest BCUT2D eigenvalue weighted by atomic mass is 16.3. The van der Waals surface area contributed by atoms with E-state index in [4.69, 9.17) is 0 Å². The molecule has 3 aromatic heterocycles. The molecule has 0 aliphatic heterocycles. The van der Waals surface area contributed by atoms with Crippen LogP contribution < -0.4 is 0 Å². The van der Waals surface area contributed by atoms with Crippen LogP contribution in [0.4, 0.5) is 0 Å². The van der Waals surface area contributed by atoms with E-state index in [2.05, 4.69) is 27.2 Å². The number of nitrogens with zero attached hydrogens (tertiary/aromatic N) is 6. The summed E-state index contributed by atoms with van der Waals surface area (Å²) in [6.45, 7) is 6.82. The van der Waals surface area contributed by atoms with E-state index in [9.17, 15) is 5.11 Å². The van der Waals surface area contributed by atoms with Gasteiger partial charge in [0.15, 0.2) is 17.3 Å². The van der Waals surface area contributed by atoms with Gasteiger partial charge >= 0.3 is 0 Å². The Morgan fingerprint density at radius 3 is 2.77 bits per heavy atom. The third-order valence-electron chi connectivity index (χ3n) is 3.63. The molecule has 7 heteroatoms. The summed E-state index contributed by atoms with van der Waals surface area (Å²) >= 11 is 0. The molecule has 0 saturated heterocycles. The minimum absolute atomic E-state index is 0.0693. The van der Waals surface area contributed by atoms with Crippen LogP contribution in [0, 0.1) is 5.92 Å². The van der Waals surface area contributed by atoms with E-state index in [0.717, 1.165) is 24.4 Å². The van der Waals surface area contributed by atoms with Crippen LogP contribution in [0.2, 0.25) is 0 Å². The van der Waals surface area contributed by atoms with Crippen molar-refractivity contribution >= 4 is 5.65 Å². The fourth-order valence-electron chi connectivity index (χ4n) is 2.40. The lowest BCUT2D eigenvalue weighted by atomic mass is 10.1. The largest absolute Gasteiger partial charge is 0.385 e. The van der Waals surface area contributed by atoms with Crippen molar-refractivity contribution in [3.8, 4) is 11.4 Å². The molecule has 1 unspecified atom stereocenters. The third-order valence-corrected chi connectivity index (χ3v) is 3.63. The lowest BCUT2D eigenvalue weighted by Crippen LogP contribution is -2.10. The zero-order chi connectivity index (χ0) is 15.7. The number of hydrogen-bond donors (Lipinski definition) is 1. The number of pyridine rings is 1. The van der Waals surface area contributed by atoms with E-state index in [1.165, 1.54) is 0 Å². The predicted octanol–water partition coefficient (Wildman–Crippen LogP) is 2.09. The van der Waals surface area contributed by atoms with Gasteiger partial charge in [0.1, 0.15) is 12.4 Å². The molecule has 0 fully saturated rings. The summed E-state index contributed by atoms with van der Waals surface area (Å²) < 4.78 is 3.70. The molecule has 0 aromatic carbocycles. The Bertz CT molecular complexity index is 775. The molecule has 3 rings (SSSR count). The highest BCUT2D eigenvalue weighted by molar-refractivity contribution is 5.57. The van der Waals surface area contributed by atoms with Gasteiger partial charge < -0.3 is 5.11 Å². The molecule has 0 spiro atoms. The van der Waals surface area contributed by atoms with Crippen LogP contribution in [0.25, 0.3) is 17.0 Å². The van der Waals surface area contributed by atoms with Gasteiger partial charge in [-0.3, -0.25) is 4.40 Å². The normalized spacial score (nSPS) is 13.1. The number of aliphatic hydroxyl groups is 1. The van der Waals surface area contributed by atoms with Gasteiger partial charge in [0.2, 0.25) is 0 Å². The van der Waals surface area contributed by atoms with Crippen LogP contribution >= 0.6 is 0 Å². The molecule has 0 radical (unpaired) electrons. The van der Waals surface area contributed by atoms with E-state index < -0.39 is 6.10 Å². The Labute approximate surface area is 128 Å². The van der Waals surface area contributed by atoms with Crippen LogP contribution in [0.15, 0.2) is 24.7 Å². The molecule has 0 amide bonds. The van der Waals surface area contributed by atoms with Gasteiger partial charge in [-0.15, -0.1) is 10.2 Å². The van der Waals surface area contributed by atoms with E-state index in [1.807, 2.05) is 41.3 Å². The average molecular weight is 300 g/mol. The number of fused-ring (bicyclic) bond motifs is 1. The summed E-state index contributed by atoms with van der Waals surface area (Å²) in [5, 5.41) is 22.8. The fraction of sp³-hybridized carbons (Fsp3) is 0.467. The first-order valence-corrected chi connectivity index (χ1v) is 7.52. The molecule has 1 N–H and O–H groups in total. The summed E-state index contributed by atoms with van der Waals surface area (Å²) in [4.78, 5) is 4.34. The quantitative estimate of drug-likeness (QED) is 0.780. The first kappa shape index (κ1) is 14.6. The van der Waals surface area contributed by atoms with Crippen LogP contribution in [0.1, 0.15) is 39.1 Å². The van der Waals surface area contributed by atoms with Crippen LogP contribution in [0.3, 0.4) is 0 Å². The number of hydrogen-bond acceptors (Lipinski definition) is 5. The summed E-state index contributed by atoms with van der Waals surface area (Å²) in [6.07, 6.45) is 3.80. The summed E-state index contributed by atoms with van der Waals surface area (Å²) in [6, 6.07) is 3.83. The summed E-state index contributed by atoms with van der Waals surface area (Å²) in [5.74, 6) is 1.43. The predicted molar refractivity (Wildman–Crippen MR) is 82.1 cm³/mol. The fourth-order valence-corrected chi connectivity index (χ4v) is 2.40. The van der Waals surface area contributed by atoms with Gasteiger partial charge in [0.05, 0.1) is 0 Å². The van der Waals surface area contributed by atoms with Gasteiger partial charge in [-0.05, 0) is 24.5 Å². The van der Waals surface area contributed by atoms with Crippen LogP contribution in [0.5, 0.6) is 0 Å². The lowest BCUT2D eigenvalue weighted by Gasteiger charge is -2.12. The summed E-state index contributed by atoms with van der Waals surface area (Å²) in [5.41, 5.74) is 1.63. The monoisotopic (exact) mass is 300 g/mol. The van der Waals surface area contributed by atoms with Crippen molar-refractivity contribution in [3.63, 3.8) is 0 Å². The van der Waals surface area contributed by atoms with E-state index in [-0.39, 0.29) is 5.92 Å². The van der Waals surface area contributed by atoms with Crippen molar-refractivity contribution in [1.29, 1.82) is 0 Å². The van der Waals surface area contributed by atoms with E-state index in [0.29, 0.717) is 11.5 Å². The smallest absolute Gasteiger partial charge is 0.166 e. The highest BCUT2D eigenvalue weighted by Crippen LogP contribution is 2.23. The van der Waals surface area contributed by atoms with Gasteiger partial charge in [-0.1, -0.05) is 20.8 Å². The summed E-state index contributed by atoms with van der Waals surface area (Å²) in [7, 11) is 0. The molecule has 22 heavy (non-hydrogen) atoms. The molecule has 3 aromatic rings. The molecule has 3 heterocycles. The minimum atomic E-state index is -0.654. The van der Waals surface area contributed by atoms with E-state index >= 15 is 0 Å². The maximum absolute atomic E-state index is 10.3. The molecule has 7 nitrogen and oxygen atoms in total. The molecular weight excluding hydrogens is 280 g/mol. The second-order valence-electron chi connectivity index (χ2n) is 5.70. The first-order chi connectivity index (χ1) is 10.6. The van der Waals surface area contributed by atoms with Crippen LogP contribution in [-0.4, -0.2) is 34.5 Å². The Balaban J connectivity index is 2.08. The molecule has 0 aliphatic rings. The topological polar surface area (TPSA) is 81.1 Å². The highest BCUT2D eigenvalue weighted by Gasteiger charge is 2.19. The molecule has 0 saturated carbocycles. The number of aliphatic hydroxyl groups excluding tert-OH is 1. The van der Waals surface area contributed by atoms with Crippen molar-refractivity contribution in [2.24, 2.45) is 5.92 Å². The van der Waals surface area contributed by atoms with E-state index in [1.54, 1.807) is 6.33 Å². The lowest BCUT2D eigenvalue weighted by molar-refractivity contribution is 0.116. The van der Waals surface area contributed by atoms with Gasteiger partial charge in [-0.2, -0.15) is 5.10 Å². The Morgan fingerprint density at radius 1 is 1.23 bits per heavy atom. The number of rotatable bonds is 5. The number of aromatic nitrogens is 6. The SMILES string of the molecule is CCCn1ncnc1-c1ccc2nnc(C(O)C(C)C)n2c1. The van der Waals surface area contributed by atoms with Crippen molar-refractivity contribution in [2.45, 2.75) is 39.8 Å². The van der Waals surface area contributed by atoms with Crippen molar-refractivity contribution < 1.29 is 5.11 Å². The Morgan fingerprint density at radius 2 is 2.05 bits per heavy atom. The second kappa shape index (κ2) is 5.84. The third kappa shape index (κ3) is 2.48. The zero-order valence-corrected chi connectivity index (χ0v) is 13.0. The molecule has 116 valence electrons. The second-order valence-corrected chi connectivity index (χ2v) is 5.70. The standard InChI is InChI=1S/C15H20N6O/c1-4-7-21-14(16-9-17-21)11-5-6-12-18-19-15(20(12)8-11)13(22)10(2)3/h5-6,8-10,13,22H,4,7H2,1-3H3. The zero-order valence-electron chi connectivity index (χ0n) is 13.0. The Kier molecular flexibility index (Phi) is 3.89. The van der Waals surface area contributed by atoms with Crippen molar-refractivity contribution in [2.75, 3.05) is 0 Å². The molecular formula is C15H20N6O. The molecule has 1 atom stereocenters. The van der Waals surface area contributed by atoms with Crippen LogP contribution in [-0.2, 0) is 6.54 Å². The molecule has 0 aliphatic carbocycles. The maximum Gasteiger partial charge on any atom is 0.166 e. The minimum Gasteiger partial charge on any atom is -0.385 e. The van der Waals surface area contributed by atoms with Gasteiger partial charge in [0.25, 0.3) is 0 Å². The Hall–Kier alpha value is -2.28. The molecule has 0 bridgehead atoms. The van der Waals surface area contributed by atoms with Crippen molar-refractivity contribution in [3.05, 3.63) is 30.5 Å². The average Bonchev–Trinajstić information content (AvgIpc) is 3.12.